The first-order chi connectivity index (χ1) is 14.7. The zero-order chi connectivity index (χ0) is 21.2. The van der Waals surface area contributed by atoms with Crippen molar-refractivity contribution in [1.29, 1.82) is 0 Å². The highest BCUT2D eigenvalue weighted by atomic mass is 127. The first-order valence-corrected chi connectivity index (χ1v) is 11.4. The molecule has 1 aromatic heterocycles. The maximum atomic E-state index is 12.6. The fraction of sp³-hybridized carbons (Fsp3) is 0.682. The molecule has 0 saturated carbocycles. The van der Waals surface area contributed by atoms with Crippen molar-refractivity contribution in [3.8, 4) is 0 Å². The number of likely N-dealkylation sites (tertiary alicyclic amines) is 1. The Morgan fingerprint density at radius 2 is 1.97 bits per heavy atom. The quantitative estimate of drug-likeness (QED) is 0.296. The van der Waals surface area contributed by atoms with Gasteiger partial charge in [0.25, 0.3) is 0 Å². The van der Waals surface area contributed by atoms with E-state index in [4.69, 9.17) is 4.99 Å². The van der Waals surface area contributed by atoms with Crippen LogP contribution in [-0.4, -0.2) is 91.6 Å². The van der Waals surface area contributed by atoms with Crippen molar-refractivity contribution in [3.63, 3.8) is 0 Å². The molecule has 2 saturated heterocycles. The Labute approximate surface area is 203 Å². The van der Waals surface area contributed by atoms with E-state index in [1.54, 1.807) is 0 Å². The average Bonchev–Trinajstić information content (AvgIpc) is 3.25. The minimum absolute atomic E-state index is 0. The highest BCUT2D eigenvalue weighted by Gasteiger charge is 2.23. The zero-order valence-electron chi connectivity index (χ0n) is 18.9. The molecule has 0 aromatic carbocycles. The number of rotatable bonds is 8. The molecule has 1 atom stereocenters. The largest absolute Gasteiger partial charge is 0.357 e. The lowest BCUT2D eigenvalue weighted by molar-refractivity contribution is -0.131. The molecule has 1 aromatic rings. The number of halogens is 1. The predicted octanol–water partition coefficient (Wildman–Crippen LogP) is 1.78. The van der Waals surface area contributed by atoms with E-state index in [2.05, 4.69) is 39.3 Å². The second-order valence-corrected chi connectivity index (χ2v) is 7.88. The molecule has 31 heavy (non-hydrogen) atoms. The molecule has 9 heteroatoms. The molecule has 0 spiro atoms. The van der Waals surface area contributed by atoms with Gasteiger partial charge in [-0.15, -0.1) is 24.0 Å². The second-order valence-electron chi connectivity index (χ2n) is 7.88. The van der Waals surface area contributed by atoms with Crippen LogP contribution in [0.1, 0.15) is 33.1 Å². The van der Waals surface area contributed by atoms with Crippen molar-refractivity contribution < 1.29 is 4.79 Å². The number of aliphatic imine (C=N–C) groups is 1. The first kappa shape index (κ1) is 25.6. The minimum atomic E-state index is 0. The Hall–Kier alpha value is -1.62. The Morgan fingerprint density at radius 3 is 2.65 bits per heavy atom. The van der Waals surface area contributed by atoms with E-state index >= 15 is 0 Å². The van der Waals surface area contributed by atoms with Crippen LogP contribution in [0, 0.1) is 0 Å². The summed E-state index contributed by atoms with van der Waals surface area (Å²) < 4.78 is 0. The number of pyridine rings is 1. The zero-order valence-corrected chi connectivity index (χ0v) is 21.3. The lowest BCUT2D eigenvalue weighted by atomic mass is 10.2. The van der Waals surface area contributed by atoms with Crippen LogP contribution in [0.4, 0.5) is 5.82 Å². The summed E-state index contributed by atoms with van der Waals surface area (Å²) in [7, 11) is 0. The first-order valence-electron chi connectivity index (χ1n) is 11.4. The van der Waals surface area contributed by atoms with Gasteiger partial charge in [-0.1, -0.05) is 13.0 Å². The minimum Gasteiger partial charge on any atom is -0.357 e. The molecule has 1 amide bonds. The number of likely N-dealkylation sites (N-methyl/N-ethyl adjacent to an activating group) is 1. The van der Waals surface area contributed by atoms with Crippen LogP contribution in [0.25, 0.3) is 0 Å². The normalized spacial score (nSPS) is 19.8. The molecule has 2 fully saturated rings. The molecule has 2 aliphatic rings. The van der Waals surface area contributed by atoms with Gasteiger partial charge in [-0.3, -0.25) is 14.7 Å². The maximum absolute atomic E-state index is 12.6. The van der Waals surface area contributed by atoms with Crippen molar-refractivity contribution in [2.24, 2.45) is 4.99 Å². The topological polar surface area (TPSA) is 76.1 Å². The SMILES string of the molecule is CCNC(=NCC1CCCN1CC)NCCC(=O)N1CCN(c2ccccn2)CC1.I. The number of piperazine rings is 1. The molecule has 3 rings (SSSR count). The van der Waals surface area contributed by atoms with Gasteiger partial charge in [-0.25, -0.2) is 4.98 Å². The third-order valence-corrected chi connectivity index (χ3v) is 5.95. The Balaban J connectivity index is 0.00000341. The molecular weight excluding hydrogens is 505 g/mol. The van der Waals surface area contributed by atoms with Gasteiger partial charge in [0.15, 0.2) is 5.96 Å². The van der Waals surface area contributed by atoms with E-state index in [0.717, 1.165) is 57.6 Å². The average molecular weight is 543 g/mol. The van der Waals surface area contributed by atoms with E-state index in [1.165, 1.54) is 19.4 Å². The predicted molar refractivity (Wildman–Crippen MR) is 137 cm³/mol. The van der Waals surface area contributed by atoms with Gasteiger partial charge < -0.3 is 20.4 Å². The van der Waals surface area contributed by atoms with Gasteiger partial charge >= 0.3 is 0 Å². The number of amides is 1. The molecule has 3 heterocycles. The van der Waals surface area contributed by atoms with Crippen LogP contribution in [0.2, 0.25) is 0 Å². The van der Waals surface area contributed by atoms with Crippen LogP contribution in [-0.2, 0) is 4.79 Å². The highest BCUT2D eigenvalue weighted by molar-refractivity contribution is 14.0. The number of anilines is 1. The second kappa shape index (κ2) is 13.7. The van der Waals surface area contributed by atoms with Crippen LogP contribution in [0.3, 0.4) is 0 Å². The van der Waals surface area contributed by atoms with E-state index in [9.17, 15) is 4.79 Å². The number of aromatic nitrogens is 1. The van der Waals surface area contributed by atoms with Gasteiger partial charge in [-0.2, -0.15) is 0 Å². The Bertz CT molecular complexity index is 680. The summed E-state index contributed by atoms with van der Waals surface area (Å²) in [6.45, 7) is 11.9. The Morgan fingerprint density at radius 1 is 1.16 bits per heavy atom. The summed E-state index contributed by atoms with van der Waals surface area (Å²) >= 11 is 0. The van der Waals surface area contributed by atoms with E-state index in [-0.39, 0.29) is 29.9 Å². The fourth-order valence-electron chi connectivity index (χ4n) is 4.23. The summed E-state index contributed by atoms with van der Waals surface area (Å²) in [4.78, 5) is 28.5. The number of nitrogens with one attached hydrogen (secondary N) is 2. The summed E-state index contributed by atoms with van der Waals surface area (Å²) in [6.07, 6.45) is 4.78. The molecule has 0 radical (unpaired) electrons. The van der Waals surface area contributed by atoms with Gasteiger partial charge in [0.05, 0.1) is 6.54 Å². The van der Waals surface area contributed by atoms with Crippen LogP contribution >= 0.6 is 24.0 Å². The standard InChI is InChI=1S/C22H37N7O.HI/c1-3-23-22(26-18-19-8-7-13-27(19)4-2)25-12-10-21(30)29-16-14-28(15-17-29)20-9-5-6-11-24-20;/h5-6,9,11,19H,3-4,7-8,10,12-18H2,1-2H3,(H2,23,25,26);1H. The number of hydrogen-bond donors (Lipinski definition) is 2. The summed E-state index contributed by atoms with van der Waals surface area (Å²) in [5, 5.41) is 6.63. The molecule has 0 bridgehead atoms. The number of carbonyl (C=O) groups excluding carboxylic acids is 1. The van der Waals surface area contributed by atoms with Crippen molar-refractivity contribution in [2.45, 2.75) is 39.2 Å². The number of guanidine groups is 1. The third kappa shape index (κ3) is 7.78. The number of hydrogen-bond acceptors (Lipinski definition) is 5. The molecule has 174 valence electrons. The number of nitrogens with zero attached hydrogens (tertiary/aromatic N) is 5. The lowest BCUT2D eigenvalue weighted by Crippen LogP contribution is -2.49. The monoisotopic (exact) mass is 543 g/mol. The van der Waals surface area contributed by atoms with Crippen LogP contribution in [0.5, 0.6) is 0 Å². The van der Waals surface area contributed by atoms with Crippen molar-refractivity contribution in [2.75, 3.05) is 63.8 Å². The van der Waals surface area contributed by atoms with E-state index < -0.39 is 0 Å². The molecule has 0 aliphatic carbocycles. The molecule has 2 aliphatic heterocycles. The molecular formula is C22H38IN7O. The van der Waals surface area contributed by atoms with Crippen molar-refractivity contribution >= 4 is 41.7 Å². The molecule has 2 N–H and O–H groups in total. The smallest absolute Gasteiger partial charge is 0.224 e. The van der Waals surface area contributed by atoms with E-state index in [1.807, 2.05) is 29.3 Å². The maximum Gasteiger partial charge on any atom is 0.224 e. The van der Waals surface area contributed by atoms with Crippen molar-refractivity contribution in [1.82, 2.24) is 25.4 Å². The van der Waals surface area contributed by atoms with Gasteiger partial charge in [0, 0.05) is 57.9 Å². The summed E-state index contributed by atoms with van der Waals surface area (Å²) in [5.41, 5.74) is 0. The summed E-state index contributed by atoms with van der Waals surface area (Å²) in [5.74, 6) is 2.00. The van der Waals surface area contributed by atoms with Crippen LogP contribution < -0.4 is 15.5 Å². The van der Waals surface area contributed by atoms with Crippen LogP contribution in [0.15, 0.2) is 29.4 Å². The van der Waals surface area contributed by atoms with Gasteiger partial charge in [0.2, 0.25) is 5.91 Å². The Kier molecular flexibility index (Phi) is 11.3. The number of carbonyl (C=O) groups is 1. The molecule has 1 unspecified atom stereocenters. The van der Waals surface area contributed by atoms with Crippen molar-refractivity contribution in [3.05, 3.63) is 24.4 Å². The van der Waals surface area contributed by atoms with Gasteiger partial charge in [0.1, 0.15) is 5.82 Å². The summed E-state index contributed by atoms with van der Waals surface area (Å²) in [6, 6.07) is 6.49. The lowest BCUT2D eigenvalue weighted by Gasteiger charge is -2.35. The highest BCUT2D eigenvalue weighted by Crippen LogP contribution is 2.16. The van der Waals surface area contributed by atoms with E-state index in [0.29, 0.717) is 19.0 Å². The fourth-order valence-corrected chi connectivity index (χ4v) is 4.23. The van der Waals surface area contributed by atoms with Gasteiger partial charge in [-0.05, 0) is 45.0 Å². The third-order valence-electron chi connectivity index (χ3n) is 5.95. The molecule has 8 nitrogen and oxygen atoms in total.